The van der Waals surface area contributed by atoms with Crippen LogP contribution in [0.3, 0.4) is 0 Å². The highest BCUT2D eigenvalue weighted by molar-refractivity contribution is 6.33. The van der Waals surface area contributed by atoms with Gasteiger partial charge in [-0.25, -0.2) is 0 Å². The molecule has 0 aliphatic carbocycles. The van der Waals surface area contributed by atoms with Gasteiger partial charge in [-0.1, -0.05) is 29.8 Å². The third kappa shape index (κ3) is 6.46. The van der Waals surface area contributed by atoms with Gasteiger partial charge in [0, 0.05) is 48.5 Å². The Morgan fingerprint density at radius 1 is 1.20 bits per heavy atom. The van der Waals surface area contributed by atoms with E-state index in [4.69, 9.17) is 21.1 Å². The summed E-state index contributed by atoms with van der Waals surface area (Å²) in [6, 6.07) is 12.2. The zero-order chi connectivity index (χ0) is 28.9. The van der Waals surface area contributed by atoms with Crippen molar-refractivity contribution in [2.45, 2.75) is 25.6 Å². The van der Waals surface area contributed by atoms with Crippen molar-refractivity contribution in [2.24, 2.45) is 0 Å². The molecule has 0 atom stereocenters. The summed E-state index contributed by atoms with van der Waals surface area (Å²) in [7, 11) is 1.51. The average Bonchev–Trinajstić information content (AvgIpc) is 3.35. The first-order valence-corrected chi connectivity index (χ1v) is 12.6. The maximum absolute atomic E-state index is 13.4. The number of halogens is 4. The molecule has 0 spiro atoms. The lowest BCUT2D eigenvalue weighted by Gasteiger charge is -2.19. The maximum Gasteiger partial charge on any atom is 0.433 e. The van der Waals surface area contributed by atoms with Gasteiger partial charge >= 0.3 is 6.18 Å². The highest BCUT2D eigenvalue weighted by Gasteiger charge is 2.33. The van der Waals surface area contributed by atoms with Crippen LogP contribution in [0.1, 0.15) is 40.0 Å². The van der Waals surface area contributed by atoms with Crippen molar-refractivity contribution >= 4 is 23.4 Å². The first-order chi connectivity index (χ1) is 19.1. The average molecular weight is 573 g/mol. The molecule has 1 aliphatic heterocycles. The number of likely N-dealkylation sites (tertiary alicyclic amines) is 1. The van der Waals surface area contributed by atoms with Crippen LogP contribution in [0.25, 0.3) is 11.1 Å². The van der Waals surface area contributed by atoms with E-state index in [1.807, 2.05) is 0 Å². The fourth-order valence-corrected chi connectivity index (χ4v) is 4.56. The number of methoxy groups -OCH3 is 1. The third-order valence-electron chi connectivity index (χ3n) is 6.34. The normalized spacial score (nSPS) is 13.2. The molecule has 1 aromatic heterocycles. The molecule has 208 valence electrons. The molecule has 4 rings (SSSR count). The van der Waals surface area contributed by atoms with Crippen LogP contribution in [0.15, 0.2) is 48.7 Å². The molecular formula is C28H24ClF3N4O4. The Hall–Kier alpha value is -4.30. The van der Waals surface area contributed by atoms with E-state index >= 15 is 0 Å². The van der Waals surface area contributed by atoms with Crippen LogP contribution in [0.5, 0.6) is 11.5 Å². The molecule has 0 radical (unpaired) electrons. The van der Waals surface area contributed by atoms with E-state index in [1.54, 1.807) is 35.2 Å². The van der Waals surface area contributed by atoms with E-state index in [0.717, 1.165) is 12.6 Å². The highest BCUT2D eigenvalue weighted by Crippen LogP contribution is 2.37. The van der Waals surface area contributed by atoms with Gasteiger partial charge in [-0.3, -0.25) is 14.6 Å². The number of amides is 2. The molecule has 0 saturated carbocycles. The van der Waals surface area contributed by atoms with Gasteiger partial charge in [0.05, 0.1) is 35.9 Å². The number of carbonyl (C=O) groups is 2. The second-order valence-electron chi connectivity index (χ2n) is 8.88. The number of ether oxygens (including phenoxy) is 2. The molecule has 1 N–H and O–H groups in total. The molecule has 40 heavy (non-hydrogen) atoms. The fraction of sp³-hybridized carbons (Fsp3) is 0.286. The number of nitriles is 1. The van der Waals surface area contributed by atoms with Crippen LogP contribution in [0.2, 0.25) is 5.02 Å². The lowest BCUT2D eigenvalue weighted by molar-refractivity contribution is -0.141. The number of nitrogens with zero attached hydrogens (tertiary/aromatic N) is 3. The molecule has 1 saturated heterocycles. The quantitative estimate of drug-likeness (QED) is 0.376. The van der Waals surface area contributed by atoms with Crippen LogP contribution in [-0.2, 0) is 17.5 Å². The summed E-state index contributed by atoms with van der Waals surface area (Å²) in [6.07, 6.45) is -2.61. The fourth-order valence-electron chi connectivity index (χ4n) is 4.30. The van der Waals surface area contributed by atoms with Gasteiger partial charge in [0.25, 0.3) is 5.91 Å². The molecular weight excluding hydrogens is 549 g/mol. The lowest BCUT2D eigenvalue weighted by Crippen LogP contribution is -2.30. The first-order valence-electron chi connectivity index (χ1n) is 12.2. The van der Waals surface area contributed by atoms with Crippen LogP contribution in [0, 0.1) is 11.3 Å². The van der Waals surface area contributed by atoms with Gasteiger partial charge in [0.2, 0.25) is 5.91 Å². The van der Waals surface area contributed by atoms with Gasteiger partial charge in [-0.15, -0.1) is 0 Å². The Morgan fingerprint density at radius 2 is 1.98 bits per heavy atom. The van der Waals surface area contributed by atoms with Crippen molar-refractivity contribution in [3.8, 4) is 28.7 Å². The Balaban J connectivity index is 1.68. The summed E-state index contributed by atoms with van der Waals surface area (Å²) in [5.41, 5.74) is -0.648. The molecule has 0 unspecified atom stereocenters. The molecule has 2 amide bonds. The molecule has 2 aromatic carbocycles. The number of para-hydroxylation sites is 1. The Kier molecular flexibility index (Phi) is 8.80. The van der Waals surface area contributed by atoms with Gasteiger partial charge in [-0.05, 0) is 24.6 Å². The zero-order valence-electron chi connectivity index (χ0n) is 21.3. The molecule has 1 aliphatic rings. The summed E-state index contributed by atoms with van der Waals surface area (Å²) < 4.78 is 50.7. The molecule has 12 heteroatoms. The summed E-state index contributed by atoms with van der Waals surface area (Å²) in [6.45, 7) is 1.11. The van der Waals surface area contributed by atoms with Crippen molar-refractivity contribution < 1.29 is 32.2 Å². The van der Waals surface area contributed by atoms with E-state index in [9.17, 15) is 28.0 Å². The smallest absolute Gasteiger partial charge is 0.433 e. The van der Waals surface area contributed by atoms with Crippen LogP contribution >= 0.6 is 11.6 Å². The number of nitrogens with one attached hydrogen (secondary N) is 1. The molecule has 0 bridgehead atoms. The van der Waals surface area contributed by atoms with E-state index in [0.29, 0.717) is 36.9 Å². The van der Waals surface area contributed by atoms with Gasteiger partial charge in [0.15, 0.2) is 0 Å². The predicted octanol–water partition coefficient (Wildman–Crippen LogP) is 5.23. The van der Waals surface area contributed by atoms with E-state index in [-0.39, 0.29) is 52.1 Å². The second-order valence-corrected chi connectivity index (χ2v) is 9.29. The van der Waals surface area contributed by atoms with Gasteiger partial charge < -0.3 is 19.7 Å². The standard InChI is InChI=1S/C28H24ClF3N4O4/c1-39-23-6-3-2-5-17(23)15-35-27(38)20-12-19(21-16-34-25(28(30,31)32)11-18(21)14-33)22(29)13-24(20)40-10-9-36-8-4-7-26(36)37/h2-3,5-6,11-13,16H,4,7-10,15H2,1H3,(H,35,38). The van der Waals surface area contributed by atoms with Crippen molar-refractivity contribution in [1.29, 1.82) is 5.26 Å². The number of carbonyl (C=O) groups excluding carboxylic acids is 2. The van der Waals surface area contributed by atoms with Crippen LogP contribution in [-0.4, -0.2) is 48.5 Å². The van der Waals surface area contributed by atoms with Crippen LogP contribution in [0.4, 0.5) is 13.2 Å². The summed E-state index contributed by atoms with van der Waals surface area (Å²) in [4.78, 5) is 30.4. The lowest BCUT2D eigenvalue weighted by atomic mass is 9.98. The maximum atomic E-state index is 13.4. The van der Waals surface area contributed by atoms with Gasteiger partial charge in [0.1, 0.15) is 23.8 Å². The number of rotatable bonds is 9. The molecule has 1 fully saturated rings. The summed E-state index contributed by atoms with van der Waals surface area (Å²) in [5.74, 6) is 0.136. The topological polar surface area (TPSA) is 105 Å². The minimum atomic E-state index is -4.74. The summed E-state index contributed by atoms with van der Waals surface area (Å²) in [5, 5.41) is 12.4. The van der Waals surface area contributed by atoms with Gasteiger partial charge in [-0.2, -0.15) is 18.4 Å². The first kappa shape index (κ1) is 28.7. The van der Waals surface area contributed by atoms with Crippen molar-refractivity contribution in [3.05, 3.63) is 76.1 Å². The number of benzene rings is 2. The monoisotopic (exact) mass is 572 g/mol. The number of aromatic nitrogens is 1. The highest BCUT2D eigenvalue weighted by atomic mass is 35.5. The number of hydrogen-bond acceptors (Lipinski definition) is 6. The van der Waals surface area contributed by atoms with E-state index in [1.165, 1.54) is 19.2 Å². The molecule has 2 heterocycles. The number of hydrogen-bond donors (Lipinski definition) is 1. The van der Waals surface area contributed by atoms with Crippen molar-refractivity contribution in [2.75, 3.05) is 26.8 Å². The van der Waals surface area contributed by atoms with Crippen molar-refractivity contribution in [3.63, 3.8) is 0 Å². The zero-order valence-corrected chi connectivity index (χ0v) is 22.1. The predicted molar refractivity (Wildman–Crippen MR) is 140 cm³/mol. The van der Waals surface area contributed by atoms with Crippen LogP contribution < -0.4 is 14.8 Å². The largest absolute Gasteiger partial charge is 0.496 e. The summed E-state index contributed by atoms with van der Waals surface area (Å²) >= 11 is 6.49. The third-order valence-corrected chi connectivity index (χ3v) is 6.65. The van der Waals surface area contributed by atoms with Crippen molar-refractivity contribution in [1.82, 2.24) is 15.2 Å². The van der Waals surface area contributed by atoms with E-state index < -0.39 is 17.8 Å². The number of pyridine rings is 1. The SMILES string of the molecule is COc1ccccc1CNC(=O)c1cc(-c2cnc(C(F)(F)F)cc2C#N)c(Cl)cc1OCCN1CCCC1=O. The molecule has 3 aromatic rings. The number of alkyl halides is 3. The second kappa shape index (κ2) is 12.3. The minimum Gasteiger partial charge on any atom is -0.496 e. The Labute approximate surface area is 233 Å². The Morgan fingerprint density at radius 3 is 2.65 bits per heavy atom. The Bertz CT molecular complexity index is 1470. The minimum absolute atomic E-state index is 0.0191. The van der Waals surface area contributed by atoms with E-state index in [2.05, 4.69) is 10.3 Å². The molecule has 8 nitrogen and oxygen atoms in total.